The molecule has 0 unspecified atom stereocenters. The molecule has 0 nitrogen and oxygen atoms in total. The fourth-order valence-electron chi connectivity index (χ4n) is 1.43. The molecule has 1 aromatic carbocycles. The molecule has 0 heterocycles. The van der Waals surface area contributed by atoms with Crippen molar-refractivity contribution in [3.63, 3.8) is 0 Å². The maximum atomic E-state index is 2.29. The van der Waals surface area contributed by atoms with Crippen LogP contribution in [0.15, 0.2) is 18.2 Å². The van der Waals surface area contributed by atoms with Gasteiger partial charge in [0.2, 0.25) is 0 Å². The average Bonchev–Trinajstić information content (AvgIpc) is 2.04. The van der Waals surface area contributed by atoms with E-state index < -0.39 is 0 Å². The number of aryl methyl sites for hydroxylation is 3. The molecule has 0 saturated heterocycles. The second-order valence-electron chi connectivity index (χ2n) is 2.98. The number of hydrogen-bond acceptors (Lipinski definition) is 0. The summed E-state index contributed by atoms with van der Waals surface area (Å²) >= 11 is 0. The molecule has 0 aliphatic carbocycles. The lowest BCUT2D eigenvalue weighted by molar-refractivity contribution is 1.03. The van der Waals surface area contributed by atoms with Gasteiger partial charge in [0.15, 0.2) is 0 Å². The van der Waals surface area contributed by atoms with Crippen LogP contribution in [0.2, 0.25) is 0 Å². The Kier molecular flexibility index (Phi) is 4.65. The maximum absolute atomic E-state index is 2.29. The zero-order valence-corrected chi connectivity index (χ0v) is 7.65. The van der Waals surface area contributed by atoms with E-state index in [9.17, 15) is 0 Å². The molecule has 0 aliphatic rings. The van der Waals surface area contributed by atoms with Crippen LogP contribution in [0.25, 0.3) is 0 Å². The summed E-state index contributed by atoms with van der Waals surface area (Å²) in [6.45, 7) is 6.58. The highest BCUT2D eigenvalue weighted by molar-refractivity contribution is 5.31. The molecule has 0 saturated carbocycles. The van der Waals surface area contributed by atoms with E-state index in [1.165, 1.54) is 16.7 Å². The largest absolute Gasteiger partial charge is 0.0776 e. The second kappa shape index (κ2) is 4.97. The predicted molar refractivity (Wildman–Crippen MR) is 56.7 cm³/mol. The lowest BCUT2D eigenvalue weighted by atomic mass is 10.0. The van der Waals surface area contributed by atoms with Gasteiger partial charge in [-0.2, -0.15) is 0 Å². The molecule has 0 atom stereocenters. The molecule has 0 fully saturated rings. The molecule has 0 radical (unpaired) electrons. The van der Waals surface area contributed by atoms with Crippen LogP contribution in [-0.2, 0) is 12.8 Å². The third kappa shape index (κ3) is 2.37. The van der Waals surface area contributed by atoms with Crippen molar-refractivity contribution in [1.29, 1.82) is 0 Å². The molecule has 68 valence electrons. The maximum Gasteiger partial charge on any atom is -0.0305 e. The van der Waals surface area contributed by atoms with Gasteiger partial charge >= 0.3 is 0 Å². The van der Waals surface area contributed by atoms with Crippen molar-refractivity contribution in [3.8, 4) is 0 Å². The lowest BCUT2D eigenvalue weighted by Gasteiger charge is -2.05. The van der Waals surface area contributed by atoms with Crippen LogP contribution >= 0.6 is 0 Å². The first-order valence-electron chi connectivity index (χ1n) is 4.36. The number of rotatable bonds is 2. The van der Waals surface area contributed by atoms with E-state index in [0.717, 1.165) is 12.8 Å². The van der Waals surface area contributed by atoms with Gasteiger partial charge in [-0.1, -0.05) is 45.0 Å². The zero-order valence-electron chi connectivity index (χ0n) is 7.65. The Bertz CT molecular complexity index is 236. The van der Waals surface area contributed by atoms with E-state index in [1.54, 1.807) is 0 Å². The van der Waals surface area contributed by atoms with Crippen molar-refractivity contribution < 1.29 is 0 Å². The smallest absolute Gasteiger partial charge is 0.0305 e. The minimum absolute atomic E-state index is 0. The monoisotopic (exact) mass is 164 g/mol. The Morgan fingerprint density at radius 3 is 2.08 bits per heavy atom. The van der Waals surface area contributed by atoms with Crippen molar-refractivity contribution in [3.05, 3.63) is 34.9 Å². The fourth-order valence-corrected chi connectivity index (χ4v) is 1.43. The quantitative estimate of drug-likeness (QED) is 0.624. The standard InChI is InChI=1S/C11H16.CH4/c1-4-10-7-6-9(3)8-11(10)5-2;/h6-8H,4-5H2,1-3H3;1H4. The average molecular weight is 164 g/mol. The van der Waals surface area contributed by atoms with Gasteiger partial charge in [-0.05, 0) is 30.9 Å². The van der Waals surface area contributed by atoms with Gasteiger partial charge < -0.3 is 0 Å². The molecule has 12 heavy (non-hydrogen) atoms. The molecular weight excluding hydrogens is 144 g/mol. The van der Waals surface area contributed by atoms with Crippen molar-refractivity contribution >= 4 is 0 Å². The molecule has 0 N–H and O–H groups in total. The SMILES string of the molecule is C.CCc1ccc(C)cc1CC. The summed E-state index contributed by atoms with van der Waals surface area (Å²) in [6, 6.07) is 6.73. The van der Waals surface area contributed by atoms with Crippen LogP contribution in [0.3, 0.4) is 0 Å². The highest BCUT2D eigenvalue weighted by Gasteiger charge is 1.96. The summed E-state index contributed by atoms with van der Waals surface area (Å²) in [5.74, 6) is 0. The molecule has 0 bridgehead atoms. The van der Waals surface area contributed by atoms with Crippen molar-refractivity contribution in [2.75, 3.05) is 0 Å². The highest BCUT2D eigenvalue weighted by Crippen LogP contribution is 2.12. The topological polar surface area (TPSA) is 0 Å². The molecule has 1 rings (SSSR count). The third-order valence-electron chi connectivity index (χ3n) is 2.12. The van der Waals surface area contributed by atoms with Gasteiger partial charge in [-0.25, -0.2) is 0 Å². The van der Waals surface area contributed by atoms with Crippen molar-refractivity contribution in [2.24, 2.45) is 0 Å². The normalized spacial score (nSPS) is 9.25. The predicted octanol–water partition coefficient (Wildman–Crippen LogP) is 3.76. The van der Waals surface area contributed by atoms with Crippen molar-refractivity contribution in [2.45, 2.75) is 41.0 Å². The van der Waals surface area contributed by atoms with Gasteiger partial charge in [-0.3, -0.25) is 0 Å². The Hall–Kier alpha value is -0.780. The molecular formula is C12H20. The van der Waals surface area contributed by atoms with E-state index in [2.05, 4.69) is 39.0 Å². The van der Waals surface area contributed by atoms with Gasteiger partial charge in [0, 0.05) is 0 Å². The van der Waals surface area contributed by atoms with Crippen LogP contribution in [-0.4, -0.2) is 0 Å². The molecule has 1 aromatic rings. The van der Waals surface area contributed by atoms with Gasteiger partial charge in [0.05, 0.1) is 0 Å². The third-order valence-corrected chi connectivity index (χ3v) is 2.12. The minimum Gasteiger partial charge on any atom is -0.0776 e. The summed E-state index contributed by atoms with van der Waals surface area (Å²) in [5, 5.41) is 0. The fraction of sp³-hybridized carbons (Fsp3) is 0.500. The van der Waals surface area contributed by atoms with E-state index in [-0.39, 0.29) is 7.43 Å². The van der Waals surface area contributed by atoms with Gasteiger partial charge in [0.25, 0.3) is 0 Å². The van der Waals surface area contributed by atoms with E-state index >= 15 is 0 Å². The molecule has 0 amide bonds. The van der Waals surface area contributed by atoms with Crippen LogP contribution in [0.4, 0.5) is 0 Å². The van der Waals surface area contributed by atoms with Gasteiger partial charge in [-0.15, -0.1) is 0 Å². The Labute approximate surface area is 76.6 Å². The summed E-state index contributed by atoms with van der Waals surface area (Å²) in [7, 11) is 0. The second-order valence-corrected chi connectivity index (χ2v) is 2.98. The first kappa shape index (κ1) is 11.2. The number of hydrogen-bond donors (Lipinski definition) is 0. The highest BCUT2D eigenvalue weighted by atomic mass is 14.0. The minimum atomic E-state index is 0. The first-order chi connectivity index (χ1) is 5.27. The van der Waals surface area contributed by atoms with Crippen molar-refractivity contribution in [1.82, 2.24) is 0 Å². The zero-order chi connectivity index (χ0) is 8.27. The van der Waals surface area contributed by atoms with E-state index in [1.807, 2.05) is 0 Å². The number of benzene rings is 1. The van der Waals surface area contributed by atoms with E-state index in [0.29, 0.717) is 0 Å². The Balaban J connectivity index is 0.00000121. The van der Waals surface area contributed by atoms with Crippen LogP contribution in [0.5, 0.6) is 0 Å². The Morgan fingerprint density at radius 1 is 1.00 bits per heavy atom. The molecule has 0 spiro atoms. The van der Waals surface area contributed by atoms with Crippen LogP contribution in [0.1, 0.15) is 38.0 Å². The van der Waals surface area contributed by atoms with Crippen LogP contribution < -0.4 is 0 Å². The molecule has 0 aliphatic heterocycles. The summed E-state index contributed by atoms with van der Waals surface area (Å²) < 4.78 is 0. The lowest BCUT2D eigenvalue weighted by Crippen LogP contribution is -1.90. The Morgan fingerprint density at radius 2 is 1.58 bits per heavy atom. The molecule has 0 aromatic heterocycles. The summed E-state index contributed by atoms with van der Waals surface area (Å²) in [6.07, 6.45) is 2.31. The molecule has 0 heteroatoms. The summed E-state index contributed by atoms with van der Waals surface area (Å²) in [4.78, 5) is 0. The van der Waals surface area contributed by atoms with Crippen LogP contribution in [0, 0.1) is 6.92 Å². The first-order valence-corrected chi connectivity index (χ1v) is 4.36. The van der Waals surface area contributed by atoms with Gasteiger partial charge in [0.1, 0.15) is 0 Å². The van der Waals surface area contributed by atoms with E-state index in [4.69, 9.17) is 0 Å². The summed E-state index contributed by atoms with van der Waals surface area (Å²) in [5.41, 5.74) is 4.38.